The lowest BCUT2D eigenvalue weighted by Gasteiger charge is -2.09. The number of nitrogens with zero attached hydrogens (tertiary/aromatic N) is 1. The van der Waals surface area contributed by atoms with Crippen LogP contribution in [0.15, 0.2) is 12.1 Å². The van der Waals surface area contributed by atoms with Crippen molar-refractivity contribution in [2.75, 3.05) is 20.3 Å². The second-order valence-corrected chi connectivity index (χ2v) is 3.03. The summed E-state index contributed by atoms with van der Waals surface area (Å²) in [5, 5.41) is 8.76. The molecule has 0 unspecified atom stereocenters. The van der Waals surface area contributed by atoms with Gasteiger partial charge in [0.25, 0.3) is 0 Å². The van der Waals surface area contributed by atoms with E-state index in [-0.39, 0.29) is 17.9 Å². The van der Waals surface area contributed by atoms with Crippen LogP contribution in [-0.2, 0) is 4.74 Å². The monoisotopic (exact) mass is 209 g/mol. The van der Waals surface area contributed by atoms with Crippen LogP contribution in [0.2, 0.25) is 0 Å². The smallest absolute Gasteiger partial charge is 0.173 e. The lowest BCUT2D eigenvalue weighted by atomic mass is 10.1. The summed E-state index contributed by atoms with van der Waals surface area (Å²) in [7, 11) is 1.53. The van der Waals surface area contributed by atoms with Gasteiger partial charge in [0.15, 0.2) is 11.6 Å². The zero-order chi connectivity index (χ0) is 11.3. The number of methoxy groups -OCH3 is 1. The fourth-order valence-corrected chi connectivity index (χ4v) is 1.11. The normalized spacial score (nSPS) is 9.73. The van der Waals surface area contributed by atoms with Crippen molar-refractivity contribution in [3.8, 4) is 11.8 Å². The van der Waals surface area contributed by atoms with E-state index in [1.165, 1.54) is 7.11 Å². The SMILES string of the molecule is COCCOc1c(C#N)ccc(C)c1F. The van der Waals surface area contributed by atoms with Crippen LogP contribution in [0.5, 0.6) is 5.75 Å². The van der Waals surface area contributed by atoms with Crippen molar-refractivity contribution >= 4 is 0 Å². The molecular weight excluding hydrogens is 197 g/mol. The van der Waals surface area contributed by atoms with Crippen LogP contribution in [0.1, 0.15) is 11.1 Å². The largest absolute Gasteiger partial charge is 0.487 e. The highest BCUT2D eigenvalue weighted by Crippen LogP contribution is 2.24. The summed E-state index contributed by atoms with van der Waals surface area (Å²) in [5.74, 6) is -0.472. The first-order valence-corrected chi connectivity index (χ1v) is 4.51. The molecule has 0 amide bonds. The minimum atomic E-state index is -0.481. The van der Waals surface area contributed by atoms with Gasteiger partial charge < -0.3 is 9.47 Å². The summed E-state index contributed by atoms with van der Waals surface area (Å²) in [6.07, 6.45) is 0. The molecule has 0 bridgehead atoms. The van der Waals surface area contributed by atoms with Gasteiger partial charge in [0, 0.05) is 7.11 Å². The lowest BCUT2D eigenvalue weighted by molar-refractivity contribution is 0.143. The van der Waals surface area contributed by atoms with Crippen LogP contribution in [0.25, 0.3) is 0 Å². The van der Waals surface area contributed by atoms with E-state index in [1.54, 1.807) is 19.1 Å². The zero-order valence-electron chi connectivity index (χ0n) is 8.71. The van der Waals surface area contributed by atoms with Gasteiger partial charge >= 0.3 is 0 Å². The summed E-state index contributed by atoms with van der Waals surface area (Å²) in [4.78, 5) is 0. The molecule has 1 aromatic rings. The maximum Gasteiger partial charge on any atom is 0.173 e. The third-order valence-electron chi connectivity index (χ3n) is 1.94. The average Bonchev–Trinajstić information content (AvgIpc) is 2.25. The minimum Gasteiger partial charge on any atom is -0.487 e. The molecule has 0 aliphatic carbocycles. The first kappa shape index (κ1) is 11.5. The Hall–Kier alpha value is -1.60. The van der Waals surface area contributed by atoms with E-state index in [0.29, 0.717) is 12.2 Å². The summed E-state index contributed by atoms with van der Waals surface area (Å²) < 4.78 is 23.5. The molecular formula is C11H12FNO2. The van der Waals surface area contributed by atoms with Crippen molar-refractivity contribution in [2.45, 2.75) is 6.92 Å². The molecule has 0 N–H and O–H groups in total. The Morgan fingerprint density at radius 2 is 2.13 bits per heavy atom. The Morgan fingerprint density at radius 3 is 2.73 bits per heavy atom. The van der Waals surface area contributed by atoms with Gasteiger partial charge in [-0.1, -0.05) is 6.07 Å². The van der Waals surface area contributed by atoms with Gasteiger partial charge in [0.05, 0.1) is 12.2 Å². The quantitative estimate of drug-likeness (QED) is 0.712. The average molecular weight is 209 g/mol. The first-order chi connectivity index (χ1) is 7.20. The molecule has 0 spiro atoms. The second kappa shape index (κ2) is 5.32. The van der Waals surface area contributed by atoms with Crippen LogP contribution >= 0.6 is 0 Å². The predicted octanol–water partition coefficient (Wildman–Crippen LogP) is 2.03. The number of halogens is 1. The van der Waals surface area contributed by atoms with E-state index in [2.05, 4.69) is 0 Å². The topological polar surface area (TPSA) is 42.2 Å². The van der Waals surface area contributed by atoms with Crippen molar-refractivity contribution < 1.29 is 13.9 Å². The van der Waals surface area contributed by atoms with Crippen LogP contribution in [0, 0.1) is 24.1 Å². The van der Waals surface area contributed by atoms with E-state index >= 15 is 0 Å². The highest BCUT2D eigenvalue weighted by molar-refractivity contribution is 5.46. The third-order valence-corrected chi connectivity index (χ3v) is 1.94. The molecule has 0 atom stereocenters. The summed E-state index contributed by atoms with van der Waals surface area (Å²) >= 11 is 0. The predicted molar refractivity (Wildman–Crippen MR) is 53.2 cm³/mol. The Morgan fingerprint density at radius 1 is 1.40 bits per heavy atom. The number of rotatable bonds is 4. The maximum atomic E-state index is 13.6. The second-order valence-electron chi connectivity index (χ2n) is 3.03. The Labute approximate surface area is 88.0 Å². The number of hydrogen-bond donors (Lipinski definition) is 0. The third kappa shape index (κ3) is 2.67. The summed E-state index contributed by atoms with van der Waals surface area (Å²) in [5.41, 5.74) is 0.663. The molecule has 0 aliphatic rings. The van der Waals surface area contributed by atoms with E-state index in [9.17, 15) is 4.39 Å². The Bertz CT molecular complexity index is 385. The van der Waals surface area contributed by atoms with Gasteiger partial charge in [-0.15, -0.1) is 0 Å². The minimum absolute atomic E-state index is 0.00884. The molecule has 0 saturated heterocycles. The zero-order valence-corrected chi connectivity index (χ0v) is 8.71. The van der Waals surface area contributed by atoms with Gasteiger partial charge in [-0.05, 0) is 18.6 Å². The van der Waals surface area contributed by atoms with E-state index in [0.717, 1.165) is 0 Å². The lowest BCUT2D eigenvalue weighted by Crippen LogP contribution is -2.07. The van der Waals surface area contributed by atoms with E-state index in [1.807, 2.05) is 6.07 Å². The van der Waals surface area contributed by atoms with Gasteiger partial charge in [0.1, 0.15) is 12.7 Å². The highest BCUT2D eigenvalue weighted by Gasteiger charge is 2.12. The van der Waals surface area contributed by atoms with Crippen LogP contribution in [0.3, 0.4) is 0 Å². The van der Waals surface area contributed by atoms with Crippen LogP contribution < -0.4 is 4.74 Å². The Balaban J connectivity index is 2.93. The molecule has 0 fully saturated rings. The number of aryl methyl sites for hydroxylation is 1. The molecule has 4 heteroatoms. The molecule has 0 radical (unpaired) electrons. The fraction of sp³-hybridized carbons (Fsp3) is 0.364. The van der Waals surface area contributed by atoms with Crippen LogP contribution in [0.4, 0.5) is 4.39 Å². The molecule has 1 aromatic carbocycles. The Kier molecular flexibility index (Phi) is 4.07. The van der Waals surface area contributed by atoms with Gasteiger partial charge in [-0.25, -0.2) is 4.39 Å². The number of ether oxygens (including phenoxy) is 2. The van der Waals surface area contributed by atoms with Gasteiger partial charge in [-0.2, -0.15) is 5.26 Å². The van der Waals surface area contributed by atoms with Gasteiger partial charge in [0.2, 0.25) is 0 Å². The van der Waals surface area contributed by atoms with Crippen molar-refractivity contribution in [1.82, 2.24) is 0 Å². The van der Waals surface area contributed by atoms with Crippen LogP contribution in [-0.4, -0.2) is 20.3 Å². The summed E-state index contributed by atoms with van der Waals surface area (Å²) in [6.45, 7) is 2.21. The molecule has 3 nitrogen and oxygen atoms in total. The number of hydrogen-bond acceptors (Lipinski definition) is 3. The molecule has 0 aromatic heterocycles. The highest BCUT2D eigenvalue weighted by atomic mass is 19.1. The first-order valence-electron chi connectivity index (χ1n) is 4.51. The molecule has 0 heterocycles. The summed E-state index contributed by atoms with van der Waals surface area (Å²) in [6, 6.07) is 4.98. The van der Waals surface area contributed by atoms with Crippen molar-refractivity contribution in [3.05, 3.63) is 29.1 Å². The van der Waals surface area contributed by atoms with Crippen molar-refractivity contribution in [2.24, 2.45) is 0 Å². The number of nitriles is 1. The fourth-order valence-electron chi connectivity index (χ4n) is 1.11. The standard InChI is InChI=1S/C11H12FNO2/c1-8-3-4-9(7-13)11(10(8)12)15-6-5-14-2/h3-4H,5-6H2,1-2H3. The molecule has 15 heavy (non-hydrogen) atoms. The molecule has 80 valence electrons. The molecule has 1 rings (SSSR count). The van der Waals surface area contributed by atoms with Crippen molar-refractivity contribution in [3.63, 3.8) is 0 Å². The number of benzene rings is 1. The van der Waals surface area contributed by atoms with Gasteiger partial charge in [-0.3, -0.25) is 0 Å². The van der Waals surface area contributed by atoms with Crippen molar-refractivity contribution in [1.29, 1.82) is 5.26 Å². The molecule has 0 saturated carbocycles. The maximum absolute atomic E-state index is 13.6. The molecule has 0 aliphatic heterocycles. The van der Waals surface area contributed by atoms with E-state index < -0.39 is 5.82 Å². The van der Waals surface area contributed by atoms with E-state index in [4.69, 9.17) is 14.7 Å².